The van der Waals surface area contributed by atoms with E-state index in [2.05, 4.69) is 133 Å². The van der Waals surface area contributed by atoms with Crippen LogP contribution in [0.25, 0.3) is 121 Å². The van der Waals surface area contributed by atoms with Crippen LogP contribution in [-0.2, 0) is 0 Å². The molecule has 5 nitrogen and oxygen atoms in total. The highest BCUT2D eigenvalue weighted by Crippen LogP contribution is 2.38. The molecule has 12 rings (SSSR count). The number of rotatable bonds is 4. The van der Waals surface area contributed by atoms with Gasteiger partial charge in [0.1, 0.15) is 22.3 Å². The van der Waals surface area contributed by atoms with Gasteiger partial charge < -0.3 is 8.83 Å². The van der Waals surface area contributed by atoms with Crippen molar-refractivity contribution < 1.29 is 8.83 Å². The number of fused-ring (bicyclic) bond motifs is 10. The van der Waals surface area contributed by atoms with E-state index in [0.717, 1.165) is 82.5 Å². The average Bonchev–Trinajstić information content (AvgIpc) is 3.83. The van der Waals surface area contributed by atoms with Gasteiger partial charge >= 0.3 is 0 Å². The van der Waals surface area contributed by atoms with Crippen molar-refractivity contribution in [2.45, 2.75) is 0 Å². The summed E-state index contributed by atoms with van der Waals surface area (Å²) < 4.78 is 12.5. The molecule has 3 aromatic heterocycles. The van der Waals surface area contributed by atoms with E-state index < -0.39 is 0 Å². The topological polar surface area (TPSA) is 65.0 Å². The number of hydrogen-bond acceptors (Lipinski definition) is 5. The lowest BCUT2D eigenvalue weighted by Gasteiger charge is -2.11. The summed E-state index contributed by atoms with van der Waals surface area (Å²) in [6, 6.07) is 61.2. The first-order chi connectivity index (χ1) is 27.7. The molecule has 0 unspecified atom stereocenters. The number of benzene rings is 9. The summed E-state index contributed by atoms with van der Waals surface area (Å²) in [6.45, 7) is 0. The molecule has 260 valence electrons. The highest BCUT2D eigenvalue weighted by molar-refractivity contribution is 6.13. The molecule has 56 heavy (non-hydrogen) atoms. The second kappa shape index (κ2) is 11.9. The third-order valence-electron chi connectivity index (χ3n) is 11.1. The van der Waals surface area contributed by atoms with Crippen LogP contribution in [0, 0.1) is 0 Å². The Hall–Kier alpha value is -7.63. The Balaban J connectivity index is 0.990. The monoisotopic (exact) mass is 715 g/mol. The predicted molar refractivity (Wildman–Crippen MR) is 229 cm³/mol. The summed E-state index contributed by atoms with van der Waals surface area (Å²) in [6.07, 6.45) is 0. The number of aromatic nitrogens is 3. The zero-order valence-electron chi connectivity index (χ0n) is 29.9. The Bertz CT molecular complexity index is 3540. The standard InChI is InChI=1S/C51H29N3O2/c1-2-9-38-31(8-1)18-23-35-27-36(24-25-39(35)38)50-52-49(53-51(54-50)42-12-7-15-46-48(42)41-11-4-6-14-45(41)55-46)32-19-16-30(17-20-32)33-21-22-34-28-43-40-10-3-5-13-44(40)56-47(43)29-37(34)26-33/h1-29H. The van der Waals surface area contributed by atoms with Crippen LogP contribution in [0.15, 0.2) is 185 Å². The van der Waals surface area contributed by atoms with Gasteiger partial charge in [0, 0.05) is 38.2 Å². The van der Waals surface area contributed by atoms with Gasteiger partial charge in [-0.3, -0.25) is 0 Å². The van der Waals surface area contributed by atoms with Gasteiger partial charge in [-0.15, -0.1) is 0 Å². The highest BCUT2D eigenvalue weighted by atomic mass is 16.3. The van der Waals surface area contributed by atoms with Gasteiger partial charge in [-0.25, -0.2) is 15.0 Å². The Morgan fingerprint density at radius 3 is 1.75 bits per heavy atom. The largest absolute Gasteiger partial charge is 0.456 e. The Kier molecular flexibility index (Phi) is 6.56. The van der Waals surface area contributed by atoms with Crippen LogP contribution in [0.5, 0.6) is 0 Å². The molecular formula is C51H29N3O2. The molecule has 0 aliphatic carbocycles. The van der Waals surface area contributed by atoms with Gasteiger partial charge in [0.25, 0.3) is 0 Å². The van der Waals surface area contributed by atoms with Crippen LogP contribution in [0.2, 0.25) is 0 Å². The third kappa shape index (κ3) is 4.84. The van der Waals surface area contributed by atoms with Crippen LogP contribution in [0.1, 0.15) is 0 Å². The zero-order chi connectivity index (χ0) is 36.7. The van der Waals surface area contributed by atoms with Crippen molar-refractivity contribution in [1.82, 2.24) is 15.0 Å². The number of hydrogen-bond donors (Lipinski definition) is 0. The fourth-order valence-corrected chi connectivity index (χ4v) is 8.33. The average molecular weight is 716 g/mol. The summed E-state index contributed by atoms with van der Waals surface area (Å²) >= 11 is 0. The Morgan fingerprint density at radius 2 is 0.875 bits per heavy atom. The van der Waals surface area contributed by atoms with Crippen molar-refractivity contribution in [2.24, 2.45) is 0 Å². The van der Waals surface area contributed by atoms with Crippen molar-refractivity contribution in [2.75, 3.05) is 0 Å². The molecule has 12 aromatic rings. The quantitative estimate of drug-likeness (QED) is 0.170. The maximum Gasteiger partial charge on any atom is 0.164 e. The van der Waals surface area contributed by atoms with Crippen LogP contribution in [0.3, 0.4) is 0 Å². The van der Waals surface area contributed by atoms with E-state index in [0.29, 0.717) is 17.5 Å². The summed E-state index contributed by atoms with van der Waals surface area (Å²) in [5.74, 6) is 1.81. The number of furan rings is 2. The maximum absolute atomic E-state index is 6.27. The normalized spacial score (nSPS) is 11.9. The van der Waals surface area contributed by atoms with Crippen molar-refractivity contribution in [3.05, 3.63) is 176 Å². The number of nitrogens with zero attached hydrogens (tertiary/aromatic N) is 3. The minimum atomic E-state index is 0.594. The molecule has 0 radical (unpaired) electrons. The molecule has 0 atom stereocenters. The van der Waals surface area contributed by atoms with Gasteiger partial charge in [-0.1, -0.05) is 133 Å². The Labute approximate surface area is 320 Å². The molecule has 0 bridgehead atoms. The van der Waals surface area contributed by atoms with E-state index in [-0.39, 0.29) is 0 Å². The Morgan fingerprint density at radius 1 is 0.286 bits per heavy atom. The van der Waals surface area contributed by atoms with Crippen LogP contribution in [-0.4, -0.2) is 15.0 Å². The summed E-state index contributed by atoms with van der Waals surface area (Å²) in [7, 11) is 0. The molecule has 9 aromatic carbocycles. The molecule has 0 saturated carbocycles. The van der Waals surface area contributed by atoms with Gasteiger partial charge in [0.05, 0.1) is 0 Å². The van der Waals surface area contributed by atoms with E-state index in [4.69, 9.17) is 23.8 Å². The molecule has 0 saturated heterocycles. The summed E-state index contributed by atoms with van der Waals surface area (Å²) in [5, 5.41) is 11.4. The van der Waals surface area contributed by atoms with Gasteiger partial charge in [-0.2, -0.15) is 0 Å². The molecule has 0 amide bonds. The van der Waals surface area contributed by atoms with Crippen molar-refractivity contribution >= 4 is 76.2 Å². The second-order valence-electron chi connectivity index (χ2n) is 14.4. The predicted octanol–water partition coefficient (Wildman–Crippen LogP) is 13.8. The fraction of sp³-hybridized carbons (Fsp3) is 0. The van der Waals surface area contributed by atoms with E-state index in [1.165, 1.54) is 21.5 Å². The lowest BCUT2D eigenvalue weighted by molar-refractivity contribution is 0.669. The highest BCUT2D eigenvalue weighted by Gasteiger charge is 2.18. The van der Waals surface area contributed by atoms with Crippen LogP contribution >= 0.6 is 0 Å². The van der Waals surface area contributed by atoms with Crippen LogP contribution < -0.4 is 0 Å². The molecule has 0 aliphatic rings. The molecular weight excluding hydrogens is 687 g/mol. The summed E-state index contributed by atoms with van der Waals surface area (Å²) in [5.41, 5.74) is 8.38. The zero-order valence-corrected chi connectivity index (χ0v) is 29.9. The first-order valence-electron chi connectivity index (χ1n) is 18.7. The van der Waals surface area contributed by atoms with Gasteiger partial charge in [0.2, 0.25) is 0 Å². The lowest BCUT2D eigenvalue weighted by Crippen LogP contribution is -2.00. The van der Waals surface area contributed by atoms with E-state index in [1.54, 1.807) is 0 Å². The number of para-hydroxylation sites is 2. The minimum absolute atomic E-state index is 0.594. The third-order valence-corrected chi connectivity index (χ3v) is 11.1. The van der Waals surface area contributed by atoms with E-state index in [1.807, 2.05) is 42.5 Å². The molecule has 5 heteroatoms. The van der Waals surface area contributed by atoms with Crippen molar-refractivity contribution in [3.63, 3.8) is 0 Å². The molecule has 0 aliphatic heterocycles. The van der Waals surface area contributed by atoms with Gasteiger partial charge in [0.15, 0.2) is 17.5 Å². The maximum atomic E-state index is 6.27. The first-order valence-corrected chi connectivity index (χ1v) is 18.7. The first kappa shape index (κ1) is 30.8. The van der Waals surface area contributed by atoms with Crippen molar-refractivity contribution in [1.29, 1.82) is 0 Å². The van der Waals surface area contributed by atoms with Crippen molar-refractivity contribution in [3.8, 4) is 45.3 Å². The van der Waals surface area contributed by atoms with Gasteiger partial charge in [-0.05, 0) is 85.9 Å². The fourth-order valence-electron chi connectivity index (χ4n) is 8.33. The molecule has 0 N–H and O–H groups in total. The lowest BCUT2D eigenvalue weighted by atomic mass is 9.99. The smallest absolute Gasteiger partial charge is 0.164 e. The van der Waals surface area contributed by atoms with Crippen LogP contribution in [0.4, 0.5) is 0 Å². The SMILES string of the molecule is c1ccc2c(c1)ccc1cc(-c3nc(-c4ccc(-c5ccc6cc7c(cc6c5)oc5ccccc57)cc4)nc(-c4cccc5oc6ccccc6c45)n3)ccc12. The molecule has 0 fully saturated rings. The van der Waals surface area contributed by atoms with E-state index >= 15 is 0 Å². The second-order valence-corrected chi connectivity index (χ2v) is 14.4. The molecule has 0 spiro atoms. The van der Waals surface area contributed by atoms with E-state index in [9.17, 15) is 0 Å². The minimum Gasteiger partial charge on any atom is -0.456 e. The summed E-state index contributed by atoms with van der Waals surface area (Å²) in [4.78, 5) is 15.5. The molecule has 3 heterocycles.